The number of nitrogens with zero attached hydrogens (tertiary/aromatic N) is 1. The summed E-state index contributed by atoms with van der Waals surface area (Å²) in [7, 11) is 1.83. The van der Waals surface area contributed by atoms with Gasteiger partial charge in [-0.15, -0.1) is 0 Å². The van der Waals surface area contributed by atoms with Crippen molar-refractivity contribution in [3.8, 4) is 5.75 Å². The lowest BCUT2D eigenvalue weighted by molar-refractivity contribution is 0.0785. The van der Waals surface area contributed by atoms with Gasteiger partial charge in [0.05, 0.1) is 6.61 Å². The van der Waals surface area contributed by atoms with Gasteiger partial charge in [0.1, 0.15) is 5.75 Å². The molecule has 0 aliphatic rings. The first-order chi connectivity index (χ1) is 10.5. The summed E-state index contributed by atoms with van der Waals surface area (Å²) in [5.74, 6) is 0.854. The van der Waals surface area contributed by atoms with E-state index in [1.54, 1.807) is 4.90 Å². The Kier molecular flexibility index (Phi) is 5.21. The van der Waals surface area contributed by atoms with E-state index in [4.69, 9.17) is 4.74 Å². The lowest BCUT2D eigenvalue weighted by Gasteiger charge is -2.18. The van der Waals surface area contributed by atoms with Gasteiger partial charge in [0.25, 0.3) is 5.91 Å². The Bertz CT molecular complexity index is 647. The van der Waals surface area contributed by atoms with Crippen LogP contribution in [0.15, 0.2) is 42.5 Å². The third-order valence-corrected chi connectivity index (χ3v) is 3.61. The molecule has 0 bridgehead atoms. The van der Waals surface area contributed by atoms with Crippen molar-refractivity contribution in [1.29, 1.82) is 0 Å². The van der Waals surface area contributed by atoms with E-state index >= 15 is 0 Å². The molecule has 3 nitrogen and oxygen atoms in total. The molecule has 2 aromatic carbocycles. The van der Waals surface area contributed by atoms with Crippen LogP contribution in [0.5, 0.6) is 5.75 Å². The number of carbonyl (C=O) groups excluding carboxylic acids is 1. The molecular weight excluding hydrogens is 274 g/mol. The summed E-state index contributed by atoms with van der Waals surface area (Å²) in [6.07, 6.45) is 0. The van der Waals surface area contributed by atoms with Gasteiger partial charge in [-0.3, -0.25) is 4.79 Å². The molecule has 0 aliphatic heterocycles. The average molecular weight is 297 g/mol. The molecule has 0 saturated carbocycles. The summed E-state index contributed by atoms with van der Waals surface area (Å²) in [5.41, 5.74) is 4.02. The first-order valence-corrected chi connectivity index (χ1v) is 7.55. The Morgan fingerprint density at radius 3 is 2.36 bits per heavy atom. The predicted molar refractivity (Wildman–Crippen MR) is 89.3 cm³/mol. The molecule has 0 N–H and O–H groups in total. The number of rotatable bonds is 5. The second kappa shape index (κ2) is 7.12. The predicted octanol–water partition coefficient (Wildman–Crippen LogP) is 3.97. The zero-order valence-electron chi connectivity index (χ0n) is 13.7. The van der Waals surface area contributed by atoms with Crippen molar-refractivity contribution >= 4 is 5.91 Å². The minimum atomic E-state index is 0.0201. The van der Waals surface area contributed by atoms with E-state index in [-0.39, 0.29) is 5.91 Å². The van der Waals surface area contributed by atoms with Crippen molar-refractivity contribution in [2.24, 2.45) is 0 Å². The highest BCUT2D eigenvalue weighted by Gasteiger charge is 2.13. The van der Waals surface area contributed by atoms with Gasteiger partial charge >= 0.3 is 0 Å². The SMILES string of the molecule is CCOc1ccc(C(=O)N(C)Cc2ccc(C)cc2)cc1C. The van der Waals surface area contributed by atoms with Gasteiger partial charge in [-0.1, -0.05) is 29.8 Å². The van der Waals surface area contributed by atoms with Gasteiger partial charge in [0.15, 0.2) is 0 Å². The maximum Gasteiger partial charge on any atom is 0.253 e. The lowest BCUT2D eigenvalue weighted by Crippen LogP contribution is -2.26. The third kappa shape index (κ3) is 3.88. The largest absolute Gasteiger partial charge is 0.494 e. The summed E-state index contributed by atoms with van der Waals surface area (Å²) in [6, 6.07) is 13.8. The standard InChI is InChI=1S/C19H23NO2/c1-5-22-18-11-10-17(12-15(18)3)19(21)20(4)13-16-8-6-14(2)7-9-16/h6-12H,5,13H2,1-4H3. The van der Waals surface area contributed by atoms with Crippen LogP contribution in [0.3, 0.4) is 0 Å². The van der Waals surface area contributed by atoms with Crippen LogP contribution < -0.4 is 4.74 Å². The summed E-state index contributed by atoms with van der Waals surface area (Å²) in [4.78, 5) is 14.3. The zero-order chi connectivity index (χ0) is 16.1. The Morgan fingerprint density at radius 2 is 1.77 bits per heavy atom. The van der Waals surface area contributed by atoms with Crippen LogP contribution in [0.2, 0.25) is 0 Å². The van der Waals surface area contributed by atoms with E-state index in [1.807, 2.05) is 39.1 Å². The highest BCUT2D eigenvalue weighted by Crippen LogP contribution is 2.20. The van der Waals surface area contributed by atoms with Crippen molar-refractivity contribution in [2.45, 2.75) is 27.3 Å². The van der Waals surface area contributed by atoms with Crippen molar-refractivity contribution in [2.75, 3.05) is 13.7 Å². The Morgan fingerprint density at radius 1 is 1.09 bits per heavy atom. The number of hydrogen-bond acceptors (Lipinski definition) is 2. The molecule has 0 unspecified atom stereocenters. The number of ether oxygens (including phenoxy) is 1. The second-order valence-electron chi connectivity index (χ2n) is 5.56. The second-order valence-corrected chi connectivity index (χ2v) is 5.56. The topological polar surface area (TPSA) is 29.5 Å². The van der Waals surface area contributed by atoms with Gasteiger partial charge in [0.2, 0.25) is 0 Å². The molecule has 2 aromatic rings. The normalized spacial score (nSPS) is 10.4. The fourth-order valence-corrected chi connectivity index (χ4v) is 2.36. The molecule has 2 rings (SSSR count). The fourth-order valence-electron chi connectivity index (χ4n) is 2.36. The van der Waals surface area contributed by atoms with Gasteiger partial charge in [0, 0.05) is 19.2 Å². The summed E-state index contributed by atoms with van der Waals surface area (Å²) in [6.45, 7) is 7.20. The van der Waals surface area contributed by atoms with Gasteiger partial charge in [-0.2, -0.15) is 0 Å². The minimum Gasteiger partial charge on any atom is -0.494 e. The maximum atomic E-state index is 12.5. The van der Waals surface area contributed by atoms with Crippen LogP contribution in [0.1, 0.15) is 34.0 Å². The van der Waals surface area contributed by atoms with Crippen LogP contribution in [0.4, 0.5) is 0 Å². The summed E-state index contributed by atoms with van der Waals surface area (Å²) < 4.78 is 5.51. The van der Waals surface area contributed by atoms with E-state index in [2.05, 4.69) is 31.2 Å². The quantitative estimate of drug-likeness (QED) is 0.835. The van der Waals surface area contributed by atoms with Crippen molar-refractivity contribution in [3.05, 3.63) is 64.7 Å². The van der Waals surface area contributed by atoms with Crippen LogP contribution in [-0.2, 0) is 6.54 Å². The van der Waals surface area contributed by atoms with E-state index in [1.165, 1.54) is 5.56 Å². The van der Waals surface area contributed by atoms with Gasteiger partial charge in [-0.25, -0.2) is 0 Å². The van der Waals surface area contributed by atoms with Crippen LogP contribution in [-0.4, -0.2) is 24.5 Å². The number of hydrogen-bond donors (Lipinski definition) is 0. The smallest absolute Gasteiger partial charge is 0.253 e. The number of amides is 1. The van der Waals surface area contributed by atoms with Crippen molar-refractivity contribution in [1.82, 2.24) is 4.90 Å². The van der Waals surface area contributed by atoms with Crippen molar-refractivity contribution in [3.63, 3.8) is 0 Å². The van der Waals surface area contributed by atoms with E-state index in [9.17, 15) is 4.79 Å². The van der Waals surface area contributed by atoms with Gasteiger partial charge < -0.3 is 9.64 Å². The molecule has 0 radical (unpaired) electrons. The summed E-state index contributed by atoms with van der Waals surface area (Å²) >= 11 is 0. The molecule has 3 heteroatoms. The van der Waals surface area contributed by atoms with E-state index in [0.29, 0.717) is 18.7 Å². The number of aryl methyl sites for hydroxylation is 2. The summed E-state index contributed by atoms with van der Waals surface area (Å²) in [5, 5.41) is 0. The molecule has 22 heavy (non-hydrogen) atoms. The highest BCUT2D eigenvalue weighted by atomic mass is 16.5. The lowest BCUT2D eigenvalue weighted by atomic mass is 10.1. The fraction of sp³-hybridized carbons (Fsp3) is 0.316. The zero-order valence-corrected chi connectivity index (χ0v) is 13.7. The van der Waals surface area contributed by atoms with Gasteiger partial charge in [-0.05, 0) is 50.1 Å². The van der Waals surface area contributed by atoms with Crippen LogP contribution in [0, 0.1) is 13.8 Å². The third-order valence-electron chi connectivity index (χ3n) is 3.61. The van der Waals surface area contributed by atoms with E-state index in [0.717, 1.165) is 16.9 Å². The van der Waals surface area contributed by atoms with E-state index < -0.39 is 0 Å². The molecule has 0 saturated heterocycles. The molecular formula is C19H23NO2. The molecule has 0 atom stereocenters. The minimum absolute atomic E-state index is 0.0201. The average Bonchev–Trinajstić information content (AvgIpc) is 2.51. The number of carbonyl (C=O) groups is 1. The highest BCUT2D eigenvalue weighted by molar-refractivity contribution is 5.94. The molecule has 116 valence electrons. The molecule has 0 spiro atoms. The molecule has 0 aliphatic carbocycles. The van der Waals surface area contributed by atoms with Crippen LogP contribution in [0.25, 0.3) is 0 Å². The molecule has 0 heterocycles. The first-order valence-electron chi connectivity index (χ1n) is 7.55. The monoisotopic (exact) mass is 297 g/mol. The Hall–Kier alpha value is -2.29. The molecule has 0 fully saturated rings. The molecule has 1 amide bonds. The number of benzene rings is 2. The first kappa shape index (κ1) is 16.1. The molecule has 0 aromatic heterocycles. The Balaban J connectivity index is 2.10. The van der Waals surface area contributed by atoms with Crippen LogP contribution >= 0.6 is 0 Å². The maximum absolute atomic E-state index is 12.5. The Labute approximate surface area is 132 Å². The van der Waals surface area contributed by atoms with Crippen molar-refractivity contribution < 1.29 is 9.53 Å².